The van der Waals surface area contributed by atoms with Gasteiger partial charge in [0.25, 0.3) is 0 Å². The molecule has 0 fully saturated rings. The second-order valence-corrected chi connectivity index (χ2v) is 5.87. The molecule has 86 valence electrons. The van der Waals surface area contributed by atoms with Crippen molar-refractivity contribution in [2.45, 2.75) is 26.4 Å². The minimum atomic E-state index is -0.354. The molecular weight excluding hydrogens is 284 g/mol. The highest BCUT2D eigenvalue weighted by Crippen LogP contribution is 2.37. The average Bonchev–Trinajstić information content (AvgIpc) is 2.72. The second kappa shape index (κ2) is 4.86. The van der Waals surface area contributed by atoms with Crippen molar-refractivity contribution in [1.29, 1.82) is 0 Å². The van der Waals surface area contributed by atoms with Crippen LogP contribution in [0.25, 0.3) is 10.1 Å². The summed E-state index contributed by atoms with van der Waals surface area (Å²) in [6.07, 6.45) is 0.639. The number of halogens is 1. The molecule has 2 aromatic rings. The lowest BCUT2D eigenvalue weighted by atomic mass is 9.95. The van der Waals surface area contributed by atoms with Crippen molar-refractivity contribution in [3.63, 3.8) is 0 Å². The van der Waals surface area contributed by atoms with Crippen molar-refractivity contribution in [3.05, 3.63) is 33.6 Å². The summed E-state index contributed by atoms with van der Waals surface area (Å²) in [5, 5.41) is 13.5. The molecule has 3 heteroatoms. The van der Waals surface area contributed by atoms with E-state index < -0.39 is 0 Å². The number of hydrogen-bond donors (Lipinski definition) is 1. The molecule has 16 heavy (non-hydrogen) atoms. The minimum absolute atomic E-state index is 0.303. The first-order valence-corrected chi connectivity index (χ1v) is 7.16. The number of rotatable bonds is 3. The van der Waals surface area contributed by atoms with Gasteiger partial charge in [-0.1, -0.05) is 32.4 Å². The summed E-state index contributed by atoms with van der Waals surface area (Å²) in [6.45, 7) is 4.20. The molecular formula is C13H15BrOS. The zero-order valence-corrected chi connectivity index (χ0v) is 11.8. The van der Waals surface area contributed by atoms with Crippen LogP contribution in [0.15, 0.2) is 28.1 Å². The number of aliphatic hydroxyl groups is 1. The van der Waals surface area contributed by atoms with Gasteiger partial charge in [-0.05, 0) is 44.2 Å². The third-order valence-electron chi connectivity index (χ3n) is 3.08. The van der Waals surface area contributed by atoms with E-state index in [9.17, 15) is 5.11 Å². The van der Waals surface area contributed by atoms with E-state index in [1.54, 1.807) is 11.3 Å². The van der Waals surface area contributed by atoms with Gasteiger partial charge in [-0.3, -0.25) is 0 Å². The van der Waals surface area contributed by atoms with Gasteiger partial charge < -0.3 is 5.11 Å². The predicted octanol–water partition coefficient (Wildman–Crippen LogP) is 4.74. The number of hydrogen-bond acceptors (Lipinski definition) is 2. The Morgan fingerprint density at radius 3 is 2.88 bits per heavy atom. The van der Waals surface area contributed by atoms with Crippen LogP contribution < -0.4 is 0 Å². The molecule has 0 spiro atoms. The van der Waals surface area contributed by atoms with E-state index in [2.05, 4.69) is 41.2 Å². The van der Waals surface area contributed by atoms with Crippen LogP contribution in [0.1, 0.15) is 31.9 Å². The fourth-order valence-electron chi connectivity index (χ4n) is 1.80. The lowest BCUT2D eigenvalue weighted by Crippen LogP contribution is -2.07. The molecule has 0 aliphatic heterocycles. The summed E-state index contributed by atoms with van der Waals surface area (Å²) in [7, 11) is 0. The minimum Gasteiger partial charge on any atom is -0.388 e. The van der Waals surface area contributed by atoms with E-state index in [4.69, 9.17) is 0 Å². The lowest BCUT2D eigenvalue weighted by Gasteiger charge is -2.16. The molecule has 1 aromatic heterocycles. The first-order chi connectivity index (χ1) is 7.65. The monoisotopic (exact) mass is 298 g/mol. The Morgan fingerprint density at radius 1 is 1.44 bits per heavy atom. The Bertz CT molecular complexity index is 492. The maximum absolute atomic E-state index is 10.3. The van der Waals surface area contributed by atoms with Gasteiger partial charge >= 0.3 is 0 Å². The van der Waals surface area contributed by atoms with Crippen LogP contribution in [-0.2, 0) is 0 Å². The predicted molar refractivity (Wildman–Crippen MR) is 73.9 cm³/mol. The summed E-state index contributed by atoms with van der Waals surface area (Å²) in [5.74, 6) is 0.303. The van der Waals surface area contributed by atoms with E-state index >= 15 is 0 Å². The smallest absolute Gasteiger partial charge is 0.0829 e. The van der Waals surface area contributed by atoms with Gasteiger partial charge in [0, 0.05) is 9.17 Å². The Labute approximate surface area is 108 Å². The molecule has 1 heterocycles. The van der Waals surface area contributed by atoms with E-state index in [-0.39, 0.29) is 6.10 Å². The molecule has 0 amide bonds. The van der Waals surface area contributed by atoms with E-state index in [1.165, 1.54) is 10.1 Å². The summed E-state index contributed by atoms with van der Waals surface area (Å²) >= 11 is 5.23. The van der Waals surface area contributed by atoms with Crippen LogP contribution in [0.3, 0.4) is 0 Å². The quantitative estimate of drug-likeness (QED) is 0.867. The molecule has 2 atom stereocenters. The molecule has 0 saturated heterocycles. The second-order valence-electron chi connectivity index (χ2n) is 4.14. The number of aliphatic hydroxyl groups excluding tert-OH is 1. The van der Waals surface area contributed by atoms with Crippen LogP contribution >= 0.6 is 27.3 Å². The van der Waals surface area contributed by atoms with Crippen molar-refractivity contribution >= 4 is 37.4 Å². The van der Waals surface area contributed by atoms with Gasteiger partial charge in [-0.2, -0.15) is 0 Å². The Morgan fingerprint density at radius 2 is 2.19 bits per heavy atom. The number of benzene rings is 1. The highest BCUT2D eigenvalue weighted by atomic mass is 79.9. The fourth-order valence-corrected chi connectivity index (χ4v) is 3.45. The highest BCUT2D eigenvalue weighted by molar-refractivity contribution is 9.10. The summed E-state index contributed by atoms with van der Waals surface area (Å²) in [5.41, 5.74) is 1.07. The molecule has 2 unspecified atom stereocenters. The maximum atomic E-state index is 10.3. The fraction of sp³-hybridized carbons (Fsp3) is 0.385. The standard InChI is InChI=1S/C13H15BrOS/c1-3-8(2)12(15)10-7-16-13-9(10)5-4-6-11(13)14/h4-8,12,15H,3H2,1-2H3. The third-order valence-corrected chi connectivity index (χ3v) is 5.05. The normalized spacial score (nSPS) is 15.2. The van der Waals surface area contributed by atoms with Crippen LogP contribution in [0.5, 0.6) is 0 Å². The number of thiophene rings is 1. The topological polar surface area (TPSA) is 20.2 Å². The van der Waals surface area contributed by atoms with Gasteiger partial charge in [0.2, 0.25) is 0 Å². The third kappa shape index (κ3) is 2.04. The highest BCUT2D eigenvalue weighted by Gasteiger charge is 2.18. The van der Waals surface area contributed by atoms with E-state index in [0.29, 0.717) is 5.92 Å². The van der Waals surface area contributed by atoms with Crippen LogP contribution in [0.4, 0.5) is 0 Å². The van der Waals surface area contributed by atoms with Gasteiger partial charge in [0.1, 0.15) is 0 Å². The van der Waals surface area contributed by atoms with Gasteiger partial charge in [0.15, 0.2) is 0 Å². The van der Waals surface area contributed by atoms with Crippen molar-refractivity contribution < 1.29 is 5.11 Å². The Balaban J connectivity index is 2.50. The summed E-state index contributed by atoms with van der Waals surface area (Å²) < 4.78 is 2.33. The molecule has 0 bridgehead atoms. The molecule has 1 nitrogen and oxygen atoms in total. The SMILES string of the molecule is CCC(C)C(O)c1csc2c(Br)cccc12. The Kier molecular flexibility index (Phi) is 3.67. The average molecular weight is 299 g/mol. The van der Waals surface area contributed by atoms with Gasteiger partial charge in [0.05, 0.1) is 6.10 Å². The van der Waals surface area contributed by atoms with Crippen molar-refractivity contribution in [1.82, 2.24) is 0 Å². The lowest BCUT2D eigenvalue weighted by molar-refractivity contribution is 0.117. The molecule has 2 rings (SSSR count). The summed E-state index contributed by atoms with van der Waals surface area (Å²) in [6, 6.07) is 6.14. The van der Waals surface area contributed by atoms with E-state index in [0.717, 1.165) is 16.5 Å². The maximum Gasteiger partial charge on any atom is 0.0829 e. The summed E-state index contributed by atoms with van der Waals surface area (Å²) in [4.78, 5) is 0. The van der Waals surface area contributed by atoms with Gasteiger partial charge in [-0.15, -0.1) is 11.3 Å². The number of fused-ring (bicyclic) bond motifs is 1. The zero-order chi connectivity index (χ0) is 11.7. The van der Waals surface area contributed by atoms with Crippen molar-refractivity contribution in [2.75, 3.05) is 0 Å². The van der Waals surface area contributed by atoms with Crippen LogP contribution in [0.2, 0.25) is 0 Å². The van der Waals surface area contributed by atoms with Gasteiger partial charge in [-0.25, -0.2) is 0 Å². The Hall–Kier alpha value is -0.380. The van der Waals surface area contributed by atoms with E-state index in [1.807, 2.05) is 12.1 Å². The molecule has 0 radical (unpaired) electrons. The molecule has 0 saturated carbocycles. The first kappa shape index (κ1) is 12.1. The molecule has 0 aliphatic carbocycles. The molecule has 0 aliphatic rings. The van der Waals surface area contributed by atoms with Crippen molar-refractivity contribution in [3.8, 4) is 0 Å². The van der Waals surface area contributed by atoms with Crippen LogP contribution in [0, 0.1) is 5.92 Å². The van der Waals surface area contributed by atoms with Crippen LogP contribution in [-0.4, -0.2) is 5.11 Å². The molecule has 1 N–H and O–H groups in total. The molecule has 1 aromatic carbocycles. The zero-order valence-electron chi connectivity index (χ0n) is 9.40. The first-order valence-electron chi connectivity index (χ1n) is 5.48. The van der Waals surface area contributed by atoms with Crippen molar-refractivity contribution in [2.24, 2.45) is 5.92 Å². The largest absolute Gasteiger partial charge is 0.388 e.